The first-order valence-corrected chi connectivity index (χ1v) is 41.8. The Morgan fingerprint density at radius 2 is 0.836 bits per heavy atom. The molecule has 16 aromatic rings. The number of H-pyrrole nitrogens is 1. The van der Waals surface area contributed by atoms with E-state index >= 15 is 4.39 Å². The number of halogens is 2. The van der Waals surface area contributed by atoms with Gasteiger partial charge in [0, 0.05) is 190 Å². The Morgan fingerprint density at radius 1 is 0.443 bits per heavy atom. The minimum Gasteiger partial charge on any atom is -0.384 e. The number of amides is 2. The molecule has 0 saturated carbocycles. The van der Waals surface area contributed by atoms with Crippen molar-refractivity contribution in [2.75, 3.05) is 134 Å². The molecule has 0 aliphatic carbocycles. The van der Waals surface area contributed by atoms with Gasteiger partial charge in [0.05, 0.1) is 81.2 Å². The number of morpholine rings is 1. The Morgan fingerprint density at radius 3 is 1.22 bits per heavy atom. The van der Waals surface area contributed by atoms with E-state index in [1.165, 1.54) is 11.9 Å². The van der Waals surface area contributed by atoms with Gasteiger partial charge in [-0.05, 0) is 202 Å². The van der Waals surface area contributed by atoms with E-state index < -0.39 is 21.7 Å². The van der Waals surface area contributed by atoms with E-state index in [2.05, 4.69) is 126 Å². The summed E-state index contributed by atoms with van der Waals surface area (Å²) in [5.74, 6) is -0.873. The summed E-state index contributed by atoms with van der Waals surface area (Å²) < 4.78 is 66.4. The van der Waals surface area contributed by atoms with Gasteiger partial charge in [0.15, 0.2) is 32.4 Å². The Balaban J connectivity index is 0.000000121. The molecule has 13 heterocycles. The first-order valence-electron chi connectivity index (χ1n) is 39.9. The molecule has 3 saturated heterocycles. The number of aromatic amines is 1. The summed E-state index contributed by atoms with van der Waals surface area (Å²) in [7, 11) is -1.12. The number of ether oxygens (including phenoxy) is 1. The lowest BCUT2D eigenvalue weighted by molar-refractivity contribution is 0.0992. The number of aromatic nitrogens is 11. The van der Waals surface area contributed by atoms with Crippen LogP contribution in [-0.2, 0) is 14.6 Å². The number of rotatable bonds is 19. The number of fused-ring (bicyclic) bond motifs is 4. The van der Waals surface area contributed by atoms with Crippen LogP contribution >= 0.6 is 0 Å². The Hall–Kier alpha value is -14.5. The van der Waals surface area contributed by atoms with Crippen LogP contribution in [0.2, 0.25) is 0 Å². The highest BCUT2D eigenvalue weighted by atomic mass is 32.2. The molecule has 31 heteroatoms. The van der Waals surface area contributed by atoms with Crippen LogP contribution in [0.4, 0.5) is 77.2 Å². The van der Waals surface area contributed by atoms with Crippen LogP contribution in [0, 0.1) is 11.6 Å². The zero-order valence-corrected chi connectivity index (χ0v) is 68.4. The molecule has 122 heavy (non-hydrogen) atoms. The van der Waals surface area contributed by atoms with Crippen LogP contribution in [0.1, 0.15) is 34.6 Å². The molecule has 6 aromatic carbocycles. The van der Waals surface area contributed by atoms with Crippen molar-refractivity contribution in [3.63, 3.8) is 0 Å². The lowest BCUT2D eigenvalue weighted by atomic mass is 10.1. The lowest BCUT2D eigenvalue weighted by Gasteiger charge is -2.38. The number of pyridine rings is 5. The SMILES string of the molecule is CC(C)N1CCN(c2ccc(Nc3ccc(-c4ccc(C(N)=O)cc4)n4ccnc34)cc2F)CC1.CN1CCN(c2ccc(Nc3ccc(-c4cn[nH]c4)n4ccnc34)cc2F)CC1.CS(=O)(=O)c1ccc(Nc2ccc(-c3ccc(N)nc3)n3ccnc23)cc1.NC(=O)c1ccc(-c2ccc(Nc3ccc(N4CCOCC4)cc3)c3nccn23)cc1. The summed E-state index contributed by atoms with van der Waals surface area (Å²) in [6.45, 7) is 14.8. The maximum atomic E-state index is 15.1. The van der Waals surface area contributed by atoms with Crippen molar-refractivity contribution in [2.24, 2.45) is 11.5 Å². The zero-order valence-electron chi connectivity index (χ0n) is 67.5. The molecule has 10 aromatic heterocycles. The standard InChI is InChI=1S/C27H29FN6O.C24H23N5O2.C21H22FN7.C19H17N5O2S/c1-18(2)32-13-15-33(16-14-32)25-9-7-21(17-22(25)28)31-23-8-10-24(34-12-11-30-27(23)34)19-3-5-20(6-4-19)26(29)35;25-23(30)18-3-1-17(2-4-18)22-10-9-21(24-26-11-12-29(22)24)27-19-5-7-20(8-6-19)28-13-15-31-16-14-28;1-27-8-10-28(11-9-27)20-4-2-16(12-17(20)22)26-18-3-5-19(15-13-24-25-14-15)29-7-6-23-21(18)29;1-27(25,26)15-5-3-14(4-6-15)23-16-7-8-17(24-11-10-21-19(16)24)13-2-9-18(20)22-12-13/h3-12,17-18,31H,13-16H2,1-2H3,(H2,29,35);1-12,27H,13-16H2,(H2,25,30);2-7,12-14,26H,8-11H2,1H3,(H,24,25);2-12,23H,1H3,(H2,20,22). The van der Waals surface area contributed by atoms with Crippen molar-refractivity contribution in [2.45, 2.75) is 24.8 Å². The number of primary amides is 2. The molecule has 3 fully saturated rings. The molecule has 2 amide bonds. The molecule has 0 radical (unpaired) electrons. The molecular weight excluding hydrogens is 1570 g/mol. The molecule has 28 nitrogen and oxygen atoms in total. The number of anilines is 12. The van der Waals surface area contributed by atoms with Crippen molar-refractivity contribution in [1.29, 1.82) is 0 Å². The first-order chi connectivity index (χ1) is 59.2. The predicted molar refractivity (Wildman–Crippen MR) is 477 cm³/mol. The van der Waals surface area contributed by atoms with Gasteiger partial charge in [-0.25, -0.2) is 42.1 Å². The number of carbonyl (C=O) groups is 2. The average molecular weight is 1660 g/mol. The number of nitrogen functional groups attached to an aromatic ring is 1. The molecular formula is C91H91F2N23O5S. The topological polar surface area (TPSA) is 331 Å². The molecule has 0 bridgehead atoms. The van der Waals surface area contributed by atoms with E-state index in [9.17, 15) is 22.4 Å². The third kappa shape index (κ3) is 18.3. The largest absolute Gasteiger partial charge is 0.384 e. The van der Waals surface area contributed by atoms with Gasteiger partial charge in [0.25, 0.3) is 0 Å². The molecule has 0 unspecified atom stereocenters. The summed E-state index contributed by atoms with van der Waals surface area (Å²) in [4.78, 5) is 56.3. The minimum atomic E-state index is -3.22. The number of nitrogens with one attached hydrogen (secondary N) is 5. The number of carbonyl (C=O) groups excluding carboxylic acids is 2. The highest BCUT2D eigenvalue weighted by Gasteiger charge is 2.24. The van der Waals surface area contributed by atoms with E-state index in [4.69, 9.17) is 21.9 Å². The number of hydrogen-bond acceptors (Lipinski definition) is 21. The smallest absolute Gasteiger partial charge is 0.248 e. The number of hydrogen-bond donors (Lipinski definition) is 8. The quantitative estimate of drug-likeness (QED) is 0.0373. The van der Waals surface area contributed by atoms with Crippen LogP contribution in [0.15, 0.2) is 267 Å². The molecule has 0 atom stereocenters. The number of piperazine rings is 2. The summed E-state index contributed by atoms with van der Waals surface area (Å²) in [5, 5.41) is 20.2. The number of sulfone groups is 1. The van der Waals surface area contributed by atoms with Crippen molar-refractivity contribution >= 4 is 113 Å². The van der Waals surface area contributed by atoms with Crippen molar-refractivity contribution in [3.8, 4) is 45.0 Å². The van der Waals surface area contributed by atoms with E-state index in [0.29, 0.717) is 45.7 Å². The van der Waals surface area contributed by atoms with Gasteiger partial charge in [-0.3, -0.25) is 37.2 Å². The van der Waals surface area contributed by atoms with Gasteiger partial charge >= 0.3 is 0 Å². The Kier molecular flexibility index (Phi) is 23.9. The van der Waals surface area contributed by atoms with Crippen LogP contribution < -0.4 is 53.2 Å². The second kappa shape index (κ2) is 36.0. The Bertz CT molecular complexity index is 6480. The number of nitrogens with two attached hydrogens (primary N) is 3. The molecule has 19 rings (SSSR count). The van der Waals surface area contributed by atoms with Gasteiger partial charge in [-0.2, -0.15) is 5.10 Å². The van der Waals surface area contributed by atoms with Crippen molar-refractivity contribution < 1.29 is 31.5 Å². The van der Waals surface area contributed by atoms with Crippen LogP contribution in [0.5, 0.6) is 0 Å². The van der Waals surface area contributed by atoms with E-state index in [0.717, 1.165) is 180 Å². The second-order valence-corrected chi connectivity index (χ2v) is 32.1. The van der Waals surface area contributed by atoms with E-state index in [1.54, 1.807) is 104 Å². The monoisotopic (exact) mass is 1660 g/mol. The Labute approximate surface area is 702 Å². The van der Waals surface area contributed by atoms with Crippen LogP contribution in [0.25, 0.3) is 67.6 Å². The third-order valence-electron chi connectivity index (χ3n) is 21.8. The van der Waals surface area contributed by atoms with Gasteiger partial charge in [-0.15, -0.1) is 0 Å². The number of benzene rings is 6. The highest BCUT2D eigenvalue weighted by molar-refractivity contribution is 7.90. The number of imidazole rings is 4. The summed E-state index contributed by atoms with van der Waals surface area (Å²) in [6.07, 6.45) is 21.1. The van der Waals surface area contributed by atoms with Gasteiger partial charge in [0.1, 0.15) is 17.5 Å². The highest BCUT2D eigenvalue weighted by Crippen LogP contribution is 2.36. The number of nitrogens with zero attached hydrogens (tertiary/aromatic N) is 15. The summed E-state index contributed by atoms with van der Waals surface area (Å²) in [5.41, 5.74) is 37.0. The van der Waals surface area contributed by atoms with E-state index in [1.807, 2.05) is 152 Å². The van der Waals surface area contributed by atoms with E-state index in [-0.39, 0.29) is 16.5 Å². The van der Waals surface area contributed by atoms with Gasteiger partial charge in [-0.1, -0.05) is 24.3 Å². The minimum absolute atomic E-state index is 0.214. The first kappa shape index (κ1) is 81.2. The molecule has 3 aliphatic heterocycles. The fraction of sp³-hybridized carbons (Fsp3) is 0.187. The predicted octanol–water partition coefficient (Wildman–Crippen LogP) is 14.7. The fourth-order valence-corrected chi connectivity index (χ4v) is 15.8. The van der Waals surface area contributed by atoms with Gasteiger partial charge < -0.3 is 62.8 Å². The van der Waals surface area contributed by atoms with Gasteiger partial charge in [0.2, 0.25) is 11.8 Å². The number of likely N-dealkylation sites (N-methyl/N-ethyl adjacent to an activating group) is 1. The summed E-state index contributed by atoms with van der Waals surface area (Å²) >= 11 is 0. The average Bonchev–Trinajstić information content (AvgIpc) is 1.71. The summed E-state index contributed by atoms with van der Waals surface area (Å²) in [6, 6.07) is 60.0. The molecule has 11 N–H and O–H groups in total. The molecule has 620 valence electrons. The van der Waals surface area contributed by atoms with Crippen molar-refractivity contribution in [1.82, 2.24) is 62.5 Å². The fourth-order valence-electron chi connectivity index (χ4n) is 15.1. The second-order valence-electron chi connectivity index (χ2n) is 30.0. The molecule has 0 spiro atoms. The zero-order chi connectivity index (χ0) is 84.5. The van der Waals surface area contributed by atoms with Crippen LogP contribution in [-0.4, -0.2) is 181 Å². The normalized spacial score (nSPS) is 13.9. The molecule has 3 aliphatic rings. The van der Waals surface area contributed by atoms with Crippen LogP contribution in [0.3, 0.4) is 0 Å². The maximum absolute atomic E-state index is 15.1. The van der Waals surface area contributed by atoms with Crippen molar-refractivity contribution in [3.05, 3.63) is 285 Å². The maximum Gasteiger partial charge on any atom is 0.248 e. The lowest BCUT2D eigenvalue weighted by Crippen LogP contribution is -2.49. The third-order valence-corrected chi connectivity index (χ3v) is 22.9.